The summed E-state index contributed by atoms with van der Waals surface area (Å²) in [7, 11) is 0. The Morgan fingerprint density at radius 3 is 2.39 bits per heavy atom. The zero-order valence-electron chi connectivity index (χ0n) is 13.6. The molecule has 0 saturated heterocycles. The monoisotopic (exact) mass is 323 g/mol. The molecule has 0 aliphatic heterocycles. The van der Waals surface area contributed by atoms with E-state index in [9.17, 15) is 0 Å². The van der Waals surface area contributed by atoms with Gasteiger partial charge in [-0.15, -0.1) is 10.2 Å². The van der Waals surface area contributed by atoms with Crippen LogP contribution in [0.4, 0.5) is 0 Å². The summed E-state index contributed by atoms with van der Waals surface area (Å²) in [6.07, 6.45) is 2.38. The molecule has 0 radical (unpaired) electrons. The lowest BCUT2D eigenvalue weighted by Crippen LogP contribution is -1.99. The number of aryl methyl sites for hydroxylation is 1. The largest absolute Gasteiger partial charge is 0.270 e. The summed E-state index contributed by atoms with van der Waals surface area (Å²) in [5, 5.41) is 9.86. The summed E-state index contributed by atoms with van der Waals surface area (Å²) in [4.78, 5) is 0. The van der Waals surface area contributed by atoms with E-state index in [4.69, 9.17) is 0 Å². The Kier molecular flexibility index (Phi) is 5.13. The van der Waals surface area contributed by atoms with Crippen molar-refractivity contribution in [2.45, 2.75) is 31.8 Å². The molecule has 2 aromatic carbocycles. The fourth-order valence-corrected chi connectivity index (χ4v) is 3.41. The lowest BCUT2D eigenvalue weighted by molar-refractivity contribution is 0.865. The number of benzene rings is 2. The average molecular weight is 323 g/mol. The highest BCUT2D eigenvalue weighted by atomic mass is 32.2. The minimum absolute atomic E-state index is 0.898. The maximum absolute atomic E-state index is 4.46. The molecule has 3 rings (SSSR count). The van der Waals surface area contributed by atoms with Crippen LogP contribution in [-0.2, 0) is 0 Å². The van der Waals surface area contributed by atoms with Gasteiger partial charge in [0, 0.05) is 17.0 Å². The predicted molar refractivity (Wildman–Crippen MR) is 97.2 cm³/mol. The van der Waals surface area contributed by atoms with Crippen molar-refractivity contribution in [2.24, 2.45) is 0 Å². The quantitative estimate of drug-likeness (QED) is 0.465. The van der Waals surface area contributed by atoms with E-state index >= 15 is 0 Å². The molecule has 118 valence electrons. The fraction of sp³-hybridized carbons (Fsp3) is 0.263. The van der Waals surface area contributed by atoms with Gasteiger partial charge in [-0.25, -0.2) is 0 Å². The predicted octanol–water partition coefficient (Wildman–Crippen LogP) is 5.13. The van der Waals surface area contributed by atoms with Crippen LogP contribution in [0.3, 0.4) is 0 Å². The van der Waals surface area contributed by atoms with Gasteiger partial charge < -0.3 is 0 Å². The topological polar surface area (TPSA) is 30.7 Å². The van der Waals surface area contributed by atoms with Gasteiger partial charge in [0.25, 0.3) is 0 Å². The number of para-hydroxylation sites is 1. The first-order valence-electron chi connectivity index (χ1n) is 8.00. The van der Waals surface area contributed by atoms with E-state index in [-0.39, 0.29) is 0 Å². The SMILES string of the molecule is CCCCSc1nnc(-c2ccc(C)cc2)n1-c1ccccc1. The van der Waals surface area contributed by atoms with Gasteiger partial charge in [-0.1, -0.05) is 73.1 Å². The number of thioether (sulfide) groups is 1. The Hall–Kier alpha value is -2.07. The molecule has 0 bridgehead atoms. The average Bonchev–Trinajstić information content (AvgIpc) is 3.00. The van der Waals surface area contributed by atoms with Gasteiger partial charge in [-0.2, -0.15) is 0 Å². The third-order valence-corrected chi connectivity index (χ3v) is 4.70. The molecule has 3 aromatic rings. The lowest BCUT2D eigenvalue weighted by Gasteiger charge is -2.10. The van der Waals surface area contributed by atoms with Crippen LogP contribution in [0, 0.1) is 6.92 Å². The second-order valence-electron chi connectivity index (χ2n) is 5.55. The van der Waals surface area contributed by atoms with Crippen molar-refractivity contribution in [2.75, 3.05) is 5.75 Å². The third kappa shape index (κ3) is 3.64. The summed E-state index contributed by atoms with van der Waals surface area (Å²) in [5.41, 5.74) is 3.44. The lowest BCUT2D eigenvalue weighted by atomic mass is 10.1. The number of hydrogen-bond acceptors (Lipinski definition) is 3. The molecule has 0 amide bonds. The van der Waals surface area contributed by atoms with Crippen LogP contribution in [0.5, 0.6) is 0 Å². The van der Waals surface area contributed by atoms with Crippen molar-refractivity contribution in [3.8, 4) is 17.1 Å². The highest BCUT2D eigenvalue weighted by molar-refractivity contribution is 7.99. The molecule has 0 N–H and O–H groups in total. The molecular formula is C19H21N3S. The number of unbranched alkanes of at least 4 members (excludes halogenated alkanes) is 1. The summed E-state index contributed by atoms with van der Waals surface area (Å²) in [5.74, 6) is 1.96. The first-order chi connectivity index (χ1) is 11.3. The first kappa shape index (κ1) is 15.8. The van der Waals surface area contributed by atoms with E-state index in [1.807, 2.05) is 6.07 Å². The highest BCUT2D eigenvalue weighted by Gasteiger charge is 2.15. The van der Waals surface area contributed by atoms with Crippen LogP contribution >= 0.6 is 11.8 Å². The van der Waals surface area contributed by atoms with E-state index in [2.05, 4.69) is 77.1 Å². The number of hydrogen-bond donors (Lipinski definition) is 0. The van der Waals surface area contributed by atoms with Crippen LogP contribution in [0.1, 0.15) is 25.3 Å². The standard InChI is InChI=1S/C19H21N3S/c1-3-4-14-23-19-21-20-18(16-12-10-15(2)11-13-16)22(19)17-8-6-5-7-9-17/h5-13H,3-4,14H2,1-2H3. The maximum Gasteiger partial charge on any atom is 0.196 e. The van der Waals surface area contributed by atoms with Crippen LogP contribution in [0.15, 0.2) is 59.8 Å². The molecular weight excluding hydrogens is 302 g/mol. The number of nitrogens with zero attached hydrogens (tertiary/aromatic N) is 3. The summed E-state index contributed by atoms with van der Waals surface area (Å²) < 4.78 is 2.16. The van der Waals surface area contributed by atoms with Crippen molar-refractivity contribution in [1.82, 2.24) is 14.8 Å². The molecule has 0 spiro atoms. The van der Waals surface area contributed by atoms with Crippen molar-refractivity contribution >= 4 is 11.8 Å². The van der Waals surface area contributed by atoms with Gasteiger partial charge in [0.05, 0.1) is 0 Å². The van der Waals surface area contributed by atoms with Gasteiger partial charge >= 0.3 is 0 Å². The minimum Gasteiger partial charge on any atom is -0.270 e. The molecule has 4 heteroatoms. The van der Waals surface area contributed by atoms with E-state index in [1.54, 1.807) is 11.8 Å². The van der Waals surface area contributed by atoms with Crippen LogP contribution in [0.2, 0.25) is 0 Å². The van der Waals surface area contributed by atoms with Gasteiger partial charge in [0.2, 0.25) is 0 Å². The van der Waals surface area contributed by atoms with Crippen molar-refractivity contribution in [3.63, 3.8) is 0 Å². The van der Waals surface area contributed by atoms with Gasteiger partial charge in [0.1, 0.15) is 0 Å². The van der Waals surface area contributed by atoms with Crippen molar-refractivity contribution in [1.29, 1.82) is 0 Å². The van der Waals surface area contributed by atoms with Crippen molar-refractivity contribution in [3.05, 3.63) is 60.2 Å². The van der Waals surface area contributed by atoms with Crippen LogP contribution < -0.4 is 0 Å². The maximum atomic E-state index is 4.46. The molecule has 0 aliphatic carbocycles. The number of rotatable bonds is 6. The van der Waals surface area contributed by atoms with Crippen molar-refractivity contribution < 1.29 is 0 Å². The summed E-state index contributed by atoms with van der Waals surface area (Å²) in [6.45, 7) is 4.30. The molecule has 0 aliphatic rings. The molecule has 0 fully saturated rings. The minimum atomic E-state index is 0.898. The van der Waals surface area contributed by atoms with E-state index in [0.717, 1.165) is 28.0 Å². The van der Waals surface area contributed by atoms with E-state index < -0.39 is 0 Å². The van der Waals surface area contributed by atoms with Crippen LogP contribution in [0.25, 0.3) is 17.1 Å². The Morgan fingerprint density at radius 2 is 1.70 bits per heavy atom. The smallest absolute Gasteiger partial charge is 0.196 e. The molecule has 1 heterocycles. The second-order valence-corrected chi connectivity index (χ2v) is 6.61. The first-order valence-corrected chi connectivity index (χ1v) is 8.99. The summed E-state index contributed by atoms with van der Waals surface area (Å²) >= 11 is 1.77. The molecule has 23 heavy (non-hydrogen) atoms. The molecule has 1 aromatic heterocycles. The Morgan fingerprint density at radius 1 is 0.957 bits per heavy atom. The Balaban J connectivity index is 2.04. The molecule has 0 atom stereocenters. The van der Waals surface area contributed by atoms with Crippen LogP contribution in [-0.4, -0.2) is 20.5 Å². The van der Waals surface area contributed by atoms with Gasteiger partial charge in [-0.3, -0.25) is 4.57 Å². The van der Waals surface area contributed by atoms with Gasteiger partial charge in [-0.05, 0) is 25.5 Å². The second kappa shape index (κ2) is 7.47. The summed E-state index contributed by atoms with van der Waals surface area (Å²) in [6, 6.07) is 18.8. The zero-order chi connectivity index (χ0) is 16.1. The van der Waals surface area contributed by atoms with E-state index in [1.165, 1.54) is 18.4 Å². The van der Waals surface area contributed by atoms with E-state index in [0.29, 0.717) is 0 Å². The Bertz CT molecular complexity index is 748. The molecule has 0 unspecified atom stereocenters. The number of aromatic nitrogens is 3. The molecule has 3 nitrogen and oxygen atoms in total. The highest BCUT2D eigenvalue weighted by Crippen LogP contribution is 2.28. The fourth-order valence-electron chi connectivity index (χ4n) is 2.37. The Labute approximate surface area is 141 Å². The zero-order valence-corrected chi connectivity index (χ0v) is 14.4. The third-order valence-electron chi connectivity index (χ3n) is 3.69. The molecule has 0 saturated carbocycles. The normalized spacial score (nSPS) is 10.9. The van der Waals surface area contributed by atoms with Gasteiger partial charge in [0.15, 0.2) is 11.0 Å².